The summed E-state index contributed by atoms with van der Waals surface area (Å²) in [5, 5.41) is 40.0. The van der Waals surface area contributed by atoms with Gasteiger partial charge >= 0.3 is 29.8 Å². The van der Waals surface area contributed by atoms with E-state index in [1.165, 1.54) is 13.0 Å². The molecule has 4 N–H and O–H groups in total. The number of carbonyl (C=O) groups excluding carboxylic acids is 5. The van der Waals surface area contributed by atoms with Crippen LogP contribution < -0.4 is 33.2 Å². The number of halogens is 1. The van der Waals surface area contributed by atoms with Crippen molar-refractivity contribution in [2.24, 2.45) is 45.3 Å². The highest BCUT2D eigenvalue weighted by Gasteiger charge is 2.65. The van der Waals surface area contributed by atoms with Crippen LogP contribution in [0.15, 0.2) is 78.9 Å². The van der Waals surface area contributed by atoms with Gasteiger partial charge in [-0.3, -0.25) is 19.2 Å². The van der Waals surface area contributed by atoms with Gasteiger partial charge in [0, 0.05) is 49.3 Å². The van der Waals surface area contributed by atoms with E-state index in [0.29, 0.717) is 117 Å². The van der Waals surface area contributed by atoms with E-state index < -0.39 is 63.8 Å². The van der Waals surface area contributed by atoms with Crippen LogP contribution in [0.2, 0.25) is 0 Å². The molecule has 0 aliphatic heterocycles. The molecule has 9 fully saturated rings. The minimum atomic E-state index is -2.03. The molecule has 0 amide bonds. The van der Waals surface area contributed by atoms with Crippen LogP contribution in [0.4, 0.5) is 4.39 Å². The number of ether oxygens (including phenoxy) is 15. The summed E-state index contributed by atoms with van der Waals surface area (Å²) in [5.74, 6) is 2.80. The highest BCUT2D eigenvalue weighted by Crippen LogP contribution is 2.65. The summed E-state index contributed by atoms with van der Waals surface area (Å²) in [6, 6.07) is 24.0. The summed E-state index contributed by atoms with van der Waals surface area (Å²) in [6.07, 6.45) is 12.8. The van der Waals surface area contributed by atoms with Crippen molar-refractivity contribution in [2.45, 2.75) is 318 Å². The second-order valence-electron chi connectivity index (χ2n) is 35.3. The highest BCUT2D eigenvalue weighted by atomic mass is 19.1. The molecule has 0 aromatic heterocycles. The lowest BCUT2D eigenvalue weighted by Crippen LogP contribution is -2.60. The highest BCUT2D eigenvalue weighted by molar-refractivity contribution is 5.82. The first kappa shape index (κ1) is 109. The van der Waals surface area contributed by atoms with E-state index >= 15 is 0 Å². The Morgan fingerprint density at radius 3 is 1.46 bits per heavy atom. The molecule has 9 aliphatic carbocycles. The maximum absolute atomic E-state index is 14.7. The molecule has 9 saturated carbocycles. The van der Waals surface area contributed by atoms with Crippen LogP contribution in [0, 0.1) is 52.3 Å². The Bertz CT molecular complexity index is 4210. The largest absolute Gasteiger partial charge is 0.507 e. The predicted octanol–water partition coefficient (Wildman–Crippen LogP) is 21.0. The van der Waals surface area contributed by atoms with Crippen molar-refractivity contribution < 1.29 is 120 Å². The van der Waals surface area contributed by atoms with Crippen LogP contribution >= 0.6 is 0 Å². The number of benzene rings is 5. The lowest BCUT2D eigenvalue weighted by molar-refractivity contribution is -0.220. The second-order valence-corrected chi connectivity index (χ2v) is 35.3. The summed E-state index contributed by atoms with van der Waals surface area (Å²) in [7, 11) is 6.39. The van der Waals surface area contributed by atoms with Crippen molar-refractivity contribution in [3.63, 3.8) is 0 Å². The zero-order valence-corrected chi connectivity index (χ0v) is 72.6. The van der Waals surface area contributed by atoms with Gasteiger partial charge in [0.2, 0.25) is 11.4 Å². The Hall–Kier alpha value is -8.46. The molecule has 14 rings (SSSR count). The molecular formula is C100H153FO24. The Balaban J connectivity index is 0.000000386. The van der Waals surface area contributed by atoms with E-state index in [9.17, 15) is 48.8 Å². The average Bonchev–Trinajstić information content (AvgIpc) is 0.718. The SMILES string of the molecule is C.C.C.C.C.C.CCC(C)(C)C(=O)OC12CC3CC(C1)CC(C(=O)OC(COCc1cc(CO)c(O)c(CO)c1O)c1ccccc1)(C3)C2.CCC(C)(F)C(=O)OC12CC3CC(C1)CC(C(=O)OCCOCc1cc(COC)c(OC)c(COC)c1OC)(C3)C2.CCOc1cc(C)cc(OCC)c1OC1CCCCC1Oc1ccccc1OC(=O)C(C)(C)CC. The molecule has 0 heterocycles. The van der Waals surface area contributed by atoms with Crippen molar-refractivity contribution >= 4 is 29.8 Å². The minimum absolute atomic E-state index is 0. The van der Waals surface area contributed by atoms with E-state index in [1.54, 1.807) is 41.4 Å². The quantitative estimate of drug-likeness (QED) is 0.0123. The molecule has 8 atom stereocenters. The number of rotatable bonds is 38. The summed E-state index contributed by atoms with van der Waals surface area (Å²) in [6.45, 7) is 21.4. The summed E-state index contributed by atoms with van der Waals surface area (Å²) < 4.78 is 103. The van der Waals surface area contributed by atoms with Crippen molar-refractivity contribution in [1.82, 2.24) is 0 Å². The predicted molar refractivity (Wildman–Crippen MR) is 481 cm³/mol. The molecule has 0 spiro atoms. The zero-order valence-electron chi connectivity index (χ0n) is 72.6. The number of aromatic hydroxyl groups is 2. The molecule has 8 bridgehead atoms. The van der Waals surface area contributed by atoms with Gasteiger partial charge in [0.05, 0.1) is 113 Å². The van der Waals surface area contributed by atoms with Crippen LogP contribution in [-0.4, -0.2) is 141 Å². The van der Waals surface area contributed by atoms with Gasteiger partial charge in [-0.15, -0.1) is 0 Å². The molecule has 25 heteroatoms. The van der Waals surface area contributed by atoms with E-state index in [2.05, 4.69) is 0 Å². The molecule has 24 nitrogen and oxygen atoms in total. The van der Waals surface area contributed by atoms with Gasteiger partial charge in [-0.1, -0.05) is 108 Å². The smallest absolute Gasteiger partial charge is 0.344 e. The molecule has 9 aliphatic rings. The Morgan fingerprint density at radius 1 is 0.496 bits per heavy atom. The Labute approximate surface area is 745 Å². The Kier molecular flexibility index (Phi) is 41.4. The molecule has 5 aromatic carbocycles. The average molecular weight is 1760 g/mol. The third-order valence-corrected chi connectivity index (χ3v) is 25.5. The third kappa shape index (κ3) is 25.7. The monoisotopic (exact) mass is 1760 g/mol. The van der Waals surface area contributed by atoms with Crippen LogP contribution in [0.25, 0.3) is 0 Å². The van der Waals surface area contributed by atoms with Gasteiger partial charge in [-0.25, -0.2) is 9.18 Å². The number of esters is 5. The van der Waals surface area contributed by atoms with E-state index in [4.69, 9.17) is 71.1 Å². The standard InChI is InChI=1S/C34H44O9.C31H45FO9.C29H40O6.6CH4/c1-4-32(2,3)30(39)43-34-14-21-10-22(15-34)13-33(12-21,20-34)31(40)42-27(23-8-6-5-7-9-23)19-41-18-25-11-24(16-35)28(37)26(17-36)29(25)38;1-7-29(2,32)27(33)41-31-14-20-10-21(15-31)13-30(12-20,19-31)28(34)40-9-8-39-17-23-11-22(16-35-3)25(37-5)24(18-36-4)26(23)38-6;1-7-29(5,6)28(30)35-24-17-13-11-15-22(24)33-21-14-10-12-16-23(21)34-27-25(31-8-2)18-20(4)19-26(27)32-9-3;;;;;;/h5-9,11,21-22,27,35-38H,4,10,12-20H2,1-3H3;11,20-21H,7-10,12-19H2,1-6H3;11,13,15,17-19,21,23H,7-10,12,14,16H2,1-6H3;6*1H4. The summed E-state index contributed by atoms with van der Waals surface area (Å²) in [5.41, 5.74) is -1.48. The number of hydrogen-bond acceptors (Lipinski definition) is 24. The maximum Gasteiger partial charge on any atom is 0.344 e. The first-order valence-corrected chi connectivity index (χ1v) is 42.6. The molecule has 8 unspecified atom stereocenters. The number of hydrogen-bond donors (Lipinski definition) is 4. The number of aliphatic hydroxyl groups is 2. The van der Waals surface area contributed by atoms with Crippen LogP contribution in [-0.2, 0) is 102 Å². The first-order valence-electron chi connectivity index (χ1n) is 42.6. The lowest BCUT2D eigenvalue weighted by Gasteiger charge is -2.60. The van der Waals surface area contributed by atoms with Crippen molar-refractivity contribution in [3.8, 4) is 51.7 Å². The van der Waals surface area contributed by atoms with Gasteiger partial charge in [0.25, 0.3) is 0 Å². The number of methoxy groups -OCH3 is 4. The van der Waals surface area contributed by atoms with E-state index in [-0.39, 0.29) is 160 Å². The first-order chi connectivity index (χ1) is 56.8. The van der Waals surface area contributed by atoms with Crippen molar-refractivity contribution in [1.29, 1.82) is 0 Å². The van der Waals surface area contributed by atoms with Crippen LogP contribution in [0.3, 0.4) is 0 Å². The third-order valence-electron chi connectivity index (χ3n) is 25.5. The number of para-hydroxylation sites is 2. The number of aryl methyl sites for hydroxylation is 1. The number of phenols is 2. The van der Waals surface area contributed by atoms with Gasteiger partial charge in [-0.05, 0) is 236 Å². The summed E-state index contributed by atoms with van der Waals surface area (Å²) in [4.78, 5) is 66.1. The molecule has 0 saturated heterocycles. The Morgan fingerprint density at radius 2 is 0.968 bits per heavy atom. The fourth-order valence-electron chi connectivity index (χ4n) is 19.1. The molecule has 0 radical (unpaired) electrons. The van der Waals surface area contributed by atoms with Crippen LogP contribution in [0.5, 0.6) is 51.7 Å². The van der Waals surface area contributed by atoms with Crippen molar-refractivity contribution in [2.75, 3.05) is 61.5 Å². The zero-order chi connectivity index (χ0) is 86.3. The second kappa shape index (κ2) is 47.6. The fraction of sp³-hybridized carbons (Fsp3) is 0.650. The van der Waals surface area contributed by atoms with Gasteiger partial charge in [0.1, 0.15) is 53.0 Å². The lowest BCUT2D eigenvalue weighted by atomic mass is 9.48. The van der Waals surface area contributed by atoms with Gasteiger partial charge < -0.3 is 91.5 Å². The van der Waals surface area contributed by atoms with Crippen LogP contribution in [0.1, 0.15) is 286 Å². The molecule has 704 valence electrons. The minimum Gasteiger partial charge on any atom is -0.507 e. The molecular weight excluding hydrogens is 1600 g/mol. The number of aliphatic hydroxyl groups excluding tert-OH is 2. The maximum atomic E-state index is 14.7. The van der Waals surface area contributed by atoms with E-state index in [0.717, 1.165) is 105 Å². The summed E-state index contributed by atoms with van der Waals surface area (Å²) >= 11 is 0. The fourth-order valence-corrected chi connectivity index (χ4v) is 19.1. The normalized spacial score (nSPS) is 23.3. The molecule has 125 heavy (non-hydrogen) atoms. The van der Waals surface area contributed by atoms with E-state index in [1.807, 2.05) is 129 Å². The van der Waals surface area contributed by atoms with Gasteiger partial charge in [-0.2, -0.15) is 0 Å². The number of carbonyl (C=O) groups is 5. The van der Waals surface area contributed by atoms with Crippen molar-refractivity contribution in [3.05, 3.63) is 123 Å². The topological polar surface area (TPSA) is 305 Å². The van der Waals surface area contributed by atoms with Gasteiger partial charge in [0.15, 0.2) is 29.1 Å². The molecule has 5 aromatic rings. The number of alkyl halides is 1.